The van der Waals surface area contributed by atoms with Gasteiger partial charge in [0.1, 0.15) is 18.2 Å². The Bertz CT molecular complexity index is 1010. The summed E-state index contributed by atoms with van der Waals surface area (Å²) in [4.78, 5) is 22.3. The number of aliphatic hydroxyl groups excluding tert-OH is 1. The summed E-state index contributed by atoms with van der Waals surface area (Å²) in [7, 11) is -3.99. The first-order valence-corrected chi connectivity index (χ1v) is 17.8. The maximum absolute atomic E-state index is 12.3. The number of aliphatic hydroxyl groups is 1. The van der Waals surface area contributed by atoms with Gasteiger partial charge in [-0.25, -0.2) is 15.0 Å². The van der Waals surface area contributed by atoms with Crippen molar-refractivity contribution in [2.24, 2.45) is 5.92 Å². The van der Waals surface area contributed by atoms with Crippen molar-refractivity contribution in [2.45, 2.75) is 123 Å². The van der Waals surface area contributed by atoms with E-state index in [9.17, 15) is 14.6 Å². The Morgan fingerprint density at radius 2 is 1.45 bits per heavy atom. The highest BCUT2D eigenvalue weighted by molar-refractivity contribution is 7.52. The van der Waals surface area contributed by atoms with E-state index in [1.165, 1.54) is 96.1 Å². The average molecular weight is 614 g/mol. The minimum Gasteiger partial charge on any atom is -0.394 e. The van der Waals surface area contributed by atoms with Crippen LogP contribution in [0.1, 0.15) is 110 Å². The van der Waals surface area contributed by atoms with Gasteiger partial charge in [0.05, 0.1) is 38.8 Å². The van der Waals surface area contributed by atoms with E-state index in [1.54, 1.807) is 4.57 Å². The van der Waals surface area contributed by atoms with Gasteiger partial charge in [0, 0.05) is 6.61 Å². The molecule has 0 saturated carbocycles. The molecule has 0 bridgehead atoms. The first-order chi connectivity index (χ1) is 20.3. The number of nitrogen functional groups attached to an aromatic ring is 1. The van der Waals surface area contributed by atoms with Crippen LogP contribution >= 0.6 is 7.60 Å². The third kappa shape index (κ3) is 16.3. The number of hydrogen-bond acceptors (Lipinski definition) is 9. The quantitative estimate of drug-likeness (QED) is 0.0754. The second-order valence-corrected chi connectivity index (χ2v) is 13.4. The van der Waals surface area contributed by atoms with Crippen LogP contribution in [0.15, 0.2) is 12.7 Å². The Kier molecular flexibility index (Phi) is 19.1. The zero-order valence-electron chi connectivity index (χ0n) is 26.0. The molecule has 4 N–H and O–H groups in total. The zero-order chi connectivity index (χ0) is 30.5. The van der Waals surface area contributed by atoms with Gasteiger partial charge in [-0.15, -0.1) is 0 Å². The van der Waals surface area contributed by atoms with Crippen molar-refractivity contribution >= 4 is 24.6 Å². The van der Waals surface area contributed by atoms with Crippen molar-refractivity contribution in [1.82, 2.24) is 19.5 Å². The summed E-state index contributed by atoms with van der Waals surface area (Å²) in [5, 5.41) is 9.66. The maximum Gasteiger partial charge on any atom is 0.353 e. The van der Waals surface area contributed by atoms with Crippen LogP contribution in [0.4, 0.5) is 5.82 Å². The summed E-state index contributed by atoms with van der Waals surface area (Å²) < 4.78 is 30.1. The smallest absolute Gasteiger partial charge is 0.353 e. The number of anilines is 1. The molecule has 42 heavy (non-hydrogen) atoms. The molecule has 0 aromatic carbocycles. The van der Waals surface area contributed by atoms with E-state index in [1.807, 2.05) is 0 Å². The number of ether oxygens (including phenoxy) is 2. The second kappa shape index (κ2) is 22.0. The van der Waals surface area contributed by atoms with Gasteiger partial charge in [-0.1, -0.05) is 104 Å². The lowest BCUT2D eigenvalue weighted by atomic mass is 10.0. The summed E-state index contributed by atoms with van der Waals surface area (Å²) in [6, 6.07) is 0. The molecule has 0 aliphatic heterocycles. The Morgan fingerprint density at radius 3 is 2.05 bits per heavy atom. The fourth-order valence-electron chi connectivity index (χ4n) is 4.87. The number of nitrogens with two attached hydrogens (primary N) is 1. The van der Waals surface area contributed by atoms with Gasteiger partial charge in [0.25, 0.3) is 0 Å². The van der Waals surface area contributed by atoms with Gasteiger partial charge in [-0.05, 0) is 12.3 Å². The van der Waals surface area contributed by atoms with Crippen LogP contribution in [-0.4, -0.2) is 68.4 Å². The first kappa shape index (κ1) is 36.6. The van der Waals surface area contributed by atoms with Crippen LogP contribution < -0.4 is 5.73 Å². The zero-order valence-corrected chi connectivity index (χ0v) is 26.9. The van der Waals surface area contributed by atoms with E-state index in [4.69, 9.17) is 19.7 Å². The van der Waals surface area contributed by atoms with Gasteiger partial charge in [0.2, 0.25) is 0 Å². The Labute approximate surface area is 252 Å². The highest BCUT2D eigenvalue weighted by atomic mass is 31.2. The molecule has 0 radical (unpaired) electrons. The maximum atomic E-state index is 12.3. The van der Waals surface area contributed by atoms with Gasteiger partial charge in [-0.2, -0.15) is 0 Å². The molecule has 11 nitrogen and oxygen atoms in total. The number of fused-ring (bicyclic) bond motifs is 1. The molecule has 0 amide bonds. The summed E-state index contributed by atoms with van der Waals surface area (Å²) in [5.74, 6) is 1.10. The third-order valence-electron chi connectivity index (χ3n) is 7.35. The molecule has 2 aromatic heterocycles. The largest absolute Gasteiger partial charge is 0.394 e. The van der Waals surface area contributed by atoms with E-state index in [-0.39, 0.29) is 32.2 Å². The van der Waals surface area contributed by atoms with Crippen LogP contribution in [0.3, 0.4) is 0 Å². The molecule has 1 unspecified atom stereocenters. The SMILES string of the molecule is CC(C)CCCCCCCCCCCCCCCCOCCOP(=O)(O)CO[C@H](CO)Cn1cnc2c(N)ncnc21. The molecule has 2 atom stereocenters. The van der Waals surface area contributed by atoms with Crippen molar-refractivity contribution in [2.75, 3.05) is 38.5 Å². The molecule has 2 rings (SSSR count). The first-order valence-electron chi connectivity index (χ1n) is 16.0. The number of aromatic nitrogens is 4. The molecule has 242 valence electrons. The highest BCUT2D eigenvalue weighted by Gasteiger charge is 2.23. The van der Waals surface area contributed by atoms with Crippen LogP contribution in [0.5, 0.6) is 0 Å². The van der Waals surface area contributed by atoms with E-state index in [0.717, 1.165) is 18.8 Å². The van der Waals surface area contributed by atoms with Gasteiger partial charge < -0.3 is 34.3 Å². The molecular formula is C30H56N5O6P. The number of unbranched alkanes of at least 4 members (excludes halogenated alkanes) is 13. The summed E-state index contributed by atoms with van der Waals surface area (Å²) in [5.41, 5.74) is 6.72. The molecule has 12 heteroatoms. The van der Waals surface area contributed by atoms with E-state index < -0.39 is 20.0 Å². The van der Waals surface area contributed by atoms with Crippen molar-refractivity contribution in [3.63, 3.8) is 0 Å². The number of imidazole rings is 1. The fraction of sp³-hybridized carbons (Fsp3) is 0.833. The molecule has 0 aliphatic rings. The van der Waals surface area contributed by atoms with E-state index in [0.29, 0.717) is 17.8 Å². The standard InChI is InChI=1S/C30H56N5O6P/c1-26(2)17-15-13-11-9-7-5-3-4-6-8-10-12-14-16-18-39-19-20-41-42(37,38)25-40-27(22-36)21-35-24-34-28-29(31)32-23-33-30(28)35/h23-24,26-27,36H,3-22,25H2,1-2H3,(H,37,38)(H2,31,32,33)/t27-/m0/s1. The molecule has 0 saturated heterocycles. The minimum absolute atomic E-state index is 0.00141. The topological polar surface area (TPSA) is 155 Å². The second-order valence-electron chi connectivity index (χ2n) is 11.6. The molecule has 0 spiro atoms. The lowest BCUT2D eigenvalue weighted by Gasteiger charge is -2.19. The van der Waals surface area contributed by atoms with Crippen LogP contribution in [0, 0.1) is 5.92 Å². The predicted molar refractivity (Wildman–Crippen MR) is 167 cm³/mol. The third-order valence-corrected chi connectivity index (χ3v) is 8.41. The Balaban J connectivity index is 1.38. The number of hydrogen-bond donors (Lipinski definition) is 3. The molecular weight excluding hydrogens is 557 g/mol. The van der Waals surface area contributed by atoms with Gasteiger partial charge >= 0.3 is 7.60 Å². The highest BCUT2D eigenvalue weighted by Crippen LogP contribution is 2.41. The lowest BCUT2D eigenvalue weighted by Crippen LogP contribution is -2.25. The fourth-order valence-corrected chi connectivity index (χ4v) is 5.70. The predicted octanol–water partition coefficient (Wildman–Crippen LogP) is 6.47. The van der Waals surface area contributed by atoms with Gasteiger partial charge in [-0.3, -0.25) is 4.57 Å². The molecule has 2 aromatic rings. The molecule has 0 aliphatic carbocycles. The molecule has 0 fully saturated rings. The lowest BCUT2D eigenvalue weighted by molar-refractivity contribution is 0.0160. The van der Waals surface area contributed by atoms with E-state index in [2.05, 4.69) is 28.8 Å². The number of rotatable bonds is 27. The van der Waals surface area contributed by atoms with Crippen LogP contribution in [0.2, 0.25) is 0 Å². The van der Waals surface area contributed by atoms with Crippen LogP contribution in [-0.2, 0) is 25.1 Å². The van der Waals surface area contributed by atoms with Crippen molar-refractivity contribution in [3.05, 3.63) is 12.7 Å². The van der Waals surface area contributed by atoms with Crippen molar-refractivity contribution in [3.8, 4) is 0 Å². The Morgan fingerprint density at radius 1 is 0.857 bits per heavy atom. The average Bonchev–Trinajstić information content (AvgIpc) is 3.37. The minimum atomic E-state index is -3.99. The van der Waals surface area contributed by atoms with E-state index >= 15 is 0 Å². The van der Waals surface area contributed by atoms with Gasteiger partial charge in [0.15, 0.2) is 11.5 Å². The van der Waals surface area contributed by atoms with Crippen molar-refractivity contribution in [1.29, 1.82) is 0 Å². The molecule has 2 heterocycles. The van der Waals surface area contributed by atoms with Crippen molar-refractivity contribution < 1.29 is 28.6 Å². The normalized spacial score (nSPS) is 14.1. The number of nitrogens with zero attached hydrogens (tertiary/aromatic N) is 4. The monoisotopic (exact) mass is 613 g/mol. The summed E-state index contributed by atoms with van der Waals surface area (Å²) in [6.45, 7) is 5.30. The van der Waals surface area contributed by atoms with Crippen LogP contribution in [0.25, 0.3) is 11.2 Å². The Hall–Kier alpha value is -1.62. The summed E-state index contributed by atoms with van der Waals surface area (Å²) >= 11 is 0. The summed E-state index contributed by atoms with van der Waals surface area (Å²) in [6.07, 6.45) is 21.4.